The van der Waals surface area contributed by atoms with Crippen LogP contribution in [0.25, 0.3) is 5.76 Å². The average molecular weight is 416 g/mol. The molecule has 1 heterocycles. The van der Waals surface area contributed by atoms with Gasteiger partial charge in [-0.3, -0.25) is 9.59 Å². The number of aliphatic hydroxyl groups is 1. The van der Waals surface area contributed by atoms with Crippen molar-refractivity contribution < 1.29 is 24.2 Å². The Morgan fingerprint density at radius 2 is 1.90 bits per heavy atom. The lowest BCUT2D eigenvalue weighted by Crippen LogP contribution is -2.32. The number of benzene rings is 2. The van der Waals surface area contributed by atoms with Crippen LogP contribution in [0.4, 0.5) is 0 Å². The van der Waals surface area contributed by atoms with Crippen molar-refractivity contribution in [1.29, 1.82) is 0 Å². The third kappa shape index (κ3) is 3.86. The molecule has 0 spiro atoms. The number of hydrogen-bond donors (Lipinski definition) is 1. The monoisotopic (exact) mass is 415 g/mol. The minimum atomic E-state index is -0.756. The molecule has 0 aliphatic carbocycles. The molecule has 152 valence electrons. The Kier molecular flexibility index (Phi) is 6.25. The number of likely N-dealkylation sites (tertiary alicyclic amines) is 1. The Bertz CT molecular complexity index is 985. The predicted octanol–water partition coefficient (Wildman–Crippen LogP) is 3.73. The molecular weight excluding hydrogens is 394 g/mol. The number of carbonyl (C=O) groups excluding carboxylic acids is 2. The minimum absolute atomic E-state index is 0.000898. The van der Waals surface area contributed by atoms with Gasteiger partial charge in [0.25, 0.3) is 11.7 Å². The Morgan fingerprint density at radius 3 is 2.55 bits per heavy atom. The fourth-order valence-electron chi connectivity index (χ4n) is 3.53. The summed E-state index contributed by atoms with van der Waals surface area (Å²) in [5, 5.41) is 11.5. The average Bonchev–Trinajstić information content (AvgIpc) is 2.96. The van der Waals surface area contributed by atoms with Gasteiger partial charge < -0.3 is 19.5 Å². The molecular formula is C22H22ClNO5. The van der Waals surface area contributed by atoms with E-state index in [0.29, 0.717) is 10.8 Å². The Morgan fingerprint density at radius 1 is 1.17 bits per heavy atom. The van der Waals surface area contributed by atoms with E-state index in [1.807, 2.05) is 31.2 Å². The maximum atomic E-state index is 12.9. The zero-order valence-electron chi connectivity index (χ0n) is 16.4. The van der Waals surface area contributed by atoms with Crippen molar-refractivity contribution in [3.8, 4) is 5.75 Å². The second-order valence-corrected chi connectivity index (χ2v) is 7.12. The standard InChI is InChI=1S/C22H22ClNO5/c1-13-6-4-5-7-15(13)19-18(21(26)22(27)24(19)10-11-28-2)20(25)16-12-14(23)8-9-17(16)29-3/h4-9,12,19,25H,10-11H2,1-3H3/b20-18+. The van der Waals surface area contributed by atoms with Gasteiger partial charge in [0.05, 0.1) is 30.9 Å². The first-order valence-electron chi connectivity index (χ1n) is 9.07. The number of rotatable bonds is 6. The molecule has 0 aromatic heterocycles. The molecule has 1 unspecified atom stereocenters. The number of amides is 1. The van der Waals surface area contributed by atoms with Crippen molar-refractivity contribution >= 4 is 29.1 Å². The molecule has 3 rings (SSSR count). The van der Waals surface area contributed by atoms with Gasteiger partial charge in [-0.05, 0) is 36.2 Å². The lowest BCUT2D eigenvalue weighted by atomic mass is 9.92. The molecule has 0 radical (unpaired) electrons. The van der Waals surface area contributed by atoms with Crippen molar-refractivity contribution in [3.63, 3.8) is 0 Å². The summed E-state index contributed by atoms with van der Waals surface area (Å²) in [6.07, 6.45) is 0. The summed E-state index contributed by atoms with van der Waals surface area (Å²) >= 11 is 6.10. The zero-order chi connectivity index (χ0) is 21.1. The molecule has 0 saturated carbocycles. The molecule has 1 saturated heterocycles. The number of ketones is 1. The summed E-state index contributed by atoms with van der Waals surface area (Å²) in [6.45, 7) is 2.37. The molecule has 29 heavy (non-hydrogen) atoms. The Labute approximate surface area is 174 Å². The van der Waals surface area contributed by atoms with E-state index in [2.05, 4.69) is 0 Å². The SMILES string of the molecule is COCCN1C(=O)C(=O)/C(=C(/O)c2cc(Cl)ccc2OC)C1c1ccccc1C. The van der Waals surface area contributed by atoms with Gasteiger partial charge in [-0.25, -0.2) is 0 Å². The number of aliphatic hydroxyl groups excluding tert-OH is 1. The number of methoxy groups -OCH3 is 2. The lowest BCUT2D eigenvalue weighted by Gasteiger charge is -2.26. The van der Waals surface area contributed by atoms with E-state index in [4.69, 9.17) is 21.1 Å². The fraction of sp³-hybridized carbons (Fsp3) is 0.273. The largest absolute Gasteiger partial charge is 0.507 e. The summed E-state index contributed by atoms with van der Waals surface area (Å²) in [7, 11) is 2.98. The van der Waals surface area contributed by atoms with Crippen LogP contribution < -0.4 is 4.74 Å². The highest BCUT2D eigenvalue weighted by molar-refractivity contribution is 6.46. The van der Waals surface area contributed by atoms with Crippen LogP contribution in [0.5, 0.6) is 5.75 Å². The van der Waals surface area contributed by atoms with Gasteiger partial charge in [0.1, 0.15) is 11.5 Å². The second-order valence-electron chi connectivity index (χ2n) is 6.69. The van der Waals surface area contributed by atoms with Gasteiger partial charge in [0, 0.05) is 18.7 Å². The van der Waals surface area contributed by atoms with E-state index >= 15 is 0 Å². The number of hydrogen-bond acceptors (Lipinski definition) is 5. The molecule has 0 bridgehead atoms. The van der Waals surface area contributed by atoms with Gasteiger partial charge in [0.15, 0.2) is 0 Å². The van der Waals surface area contributed by atoms with Gasteiger partial charge in [-0.15, -0.1) is 0 Å². The van der Waals surface area contributed by atoms with Crippen LogP contribution in [0, 0.1) is 6.92 Å². The van der Waals surface area contributed by atoms with Crippen LogP contribution in [0.1, 0.15) is 22.7 Å². The highest BCUT2D eigenvalue weighted by atomic mass is 35.5. The second kappa shape index (κ2) is 8.68. The normalized spacial score (nSPS) is 18.3. The molecule has 1 aliphatic heterocycles. The molecule has 2 aromatic carbocycles. The van der Waals surface area contributed by atoms with E-state index in [1.54, 1.807) is 12.1 Å². The maximum absolute atomic E-state index is 12.9. The van der Waals surface area contributed by atoms with Crippen LogP contribution in [0.15, 0.2) is 48.0 Å². The Hall–Kier alpha value is -2.83. The van der Waals surface area contributed by atoms with Crippen molar-refractivity contribution in [2.24, 2.45) is 0 Å². The lowest BCUT2D eigenvalue weighted by molar-refractivity contribution is -0.140. The summed E-state index contributed by atoms with van der Waals surface area (Å²) in [6, 6.07) is 11.4. The summed E-state index contributed by atoms with van der Waals surface area (Å²) < 4.78 is 10.4. The highest BCUT2D eigenvalue weighted by Gasteiger charge is 2.46. The van der Waals surface area contributed by atoms with E-state index in [9.17, 15) is 14.7 Å². The topological polar surface area (TPSA) is 76.1 Å². The van der Waals surface area contributed by atoms with E-state index < -0.39 is 17.7 Å². The zero-order valence-corrected chi connectivity index (χ0v) is 17.2. The molecule has 6 nitrogen and oxygen atoms in total. The van der Waals surface area contributed by atoms with Crippen molar-refractivity contribution in [2.45, 2.75) is 13.0 Å². The summed E-state index contributed by atoms with van der Waals surface area (Å²) in [5.74, 6) is -1.42. The van der Waals surface area contributed by atoms with Crippen LogP contribution >= 0.6 is 11.6 Å². The van der Waals surface area contributed by atoms with Gasteiger partial charge in [0.2, 0.25) is 0 Å². The molecule has 2 aromatic rings. The smallest absolute Gasteiger partial charge is 0.295 e. The number of aryl methyl sites for hydroxylation is 1. The highest BCUT2D eigenvalue weighted by Crippen LogP contribution is 2.42. The number of halogens is 1. The van der Waals surface area contributed by atoms with Crippen molar-refractivity contribution in [2.75, 3.05) is 27.4 Å². The first-order chi connectivity index (χ1) is 13.9. The van der Waals surface area contributed by atoms with Gasteiger partial charge >= 0.3 is 0 Å². The molecule has 1 amide bonds. The third-order valence-corrected chi connectivity index (χ3v) is 5.21. The van der Waals surface area contributed by atoms with E-state index in [0.717, 1.165) is 11.1 Å². The fourth-order valence-corrected chi connectivity index (χ4v) is 3.70. The number of nitrogens with zero attached hydrogens (tertiary/aromatic N) is 1. The molecule has 1 fully saturated rings. The Balaban J connectivity index is 2.25. The van der Waals surface area contributed by atoms with Gasteiger partial charge in [-0.1, -0.05) is 35.9 Å². The third-order valence-electron chi connectivity index (χ3n) is 4.98. The molecule has 1 N–H and O–H groups in total. The molecule has 7 heteroatoms. The number of carbonyl (C=O) groups is 2. The number of Topliss-reactive ketones (excluding diaryl/α,β-unsaturated/α-hetero) is 1. The summed E-state index contributed by atoms with van der Waals surface area (Å²) in [5.41, 5.74) is 1.90. The first kappa shape index (κ1) is 20.9. The summed E-state index contributed by atoms with van der Waals surface area (Å²) in [4.78, 5) is 27.2. The predicted molar refractivity (Wildman–Crippen MR) is 110 cm³/mol. The number of ether oxygens (including phenoxy) is 2. The van der Waals surface area contributed by atoms with Crippen LogP contribution in [0.2, 0.25) is 5.02 Å². The van der Waals surface area contributed by atoms with Crippen LogP contribution in [-0.4, -0.2) is 49.1 Å². The van der Waals surface area contributed by atoms with E-state index in [1.165, 1.54) is 25.2 Å². The van der Waals surface area contributed by atoms with Crippen molar-refractivity contribution in [3.05, 3.63) is 69.8 Å². The molecule has 1 atom stereocenters. The van der Waals surface area contributed by atoms with Crippen molar-refractivity contribution in [1.82, 2.24) is 4.90 Å². The first-order valence-corrected chi connectivity index (χ1v) is 9.45. The van der Waals surface area contributed by atoms with Crippen LogP contribution in [0.3, 0.4) is 0 Å². The quantitative estimate of drug-likeness (QED) is 0.442. The van der Waals surface area contributed by atoms with E-state index in [-0.39, 0.29) is 30.0 Å². The molecule has 1 aliphatic rings. The van der Waals surface area contributed by atoms with Crippen LogP contribution in [-0.2, 0) is 14.3 Å². The van der Waals surface area contributed by atoms with Gasteiger partial charge in [-0.2, -0.15) is 0 Å². The maximum Gasteiger partial charge on any atom is 0.295 e. The minimum Gasteiger partial charge on any atom is -0.507 e.